The molecule has 2 N–H and O–H groups in total. The predicted molar refractivity (Wildman–Crippen MR) is 127 cm³/mol. The molecule has 1 fully saturated rings. The summed E-state index contributed by atoms with van der Waals surface area (Å²) in [5.41, 5.74) is 3.38. The highest BCUT2D eigenvalue weighted by Crippen LogP contribution is 2.23. The summed E-state index contributed by atoms with van der Waals surface area (Å²) in [5.74, 6) is -0.401. The van der Waals surface area contributed by atoms with E-state index in [0.717, 1.165) is 21.6 Å². The molecule has 33 heavy (non-hydrogen) atoms. The number of benzene rings is 3. The average Bonchev–Trinajstić information content (AvgIpc) is 3.08. The van der Waals surface area contributed by atoms with Gasteiger partial charge in [-0.2, -0.15) is 0 Å². The second-order valence-corrected chi connectivity index (χ2v) is 7.72. The Hall–Kier alpha value is -4.10. The molecular weight excluding hydrogens is 442 g/mol. The van der Waals surface area contributed by atoms with E-state index in [9.17, 15) is 14.4 Å². The van der Waals surface area contributed by atoms with Gasteiger partial charge in [0, 0.05) is 10.7 Å². The van der Waals surface area contributed by atoms with Crippen molar-refractivity contribution in [3.63, 3.8) is 0 Å². The first kappa shape index (κ1) is 22.1. The lowest BCUT2D eigenvalue weighted by atomic mass is 10.0. The van der Waals surface area contributed by atoms with E-state index in [0.29, 0.717) is 16.5 Å². The zero-order chi connectivity index (χ0) is 23.4. The minimum Gasteiger partial charge on any atom is -0.497 e. The van der Waals surface area contributed by atoms with Crippen LogP contribution in [0.4, 0.5) is 10.5 Å². The summed E-state index contributed by atoms with van der Waals surface area (Å²) >= 11 is 5.93. The van der Waals surface area contributed by atoms with Gasteiger partial charge in [0.2, 0.25) is 5.91 Å². The molecular formula is C25H20ClN3O4. The van der Waals surface area contributed by atoms with E-state index < -0.39 is 24.4 Å². The number of hydrogen-bond donors (Lipinski definition) is 2. The molecule has 0 saturated carbocycles. The van der Waals surface area contributed by atoms with E-state index in [1.807, 2.05) is 48.5 Å². The van der Waals surface area contributed by atoms with E-state index >= 15 is 0 Å². The number of hydrogen-bond acceptors (Lipinski definition) is 4. The molecule has 1 saturated heterocycles. The van der Waals surface area contributed by atoms with Crippen LogP contribution >= 0.6 is 11.6 Å². The maximum absolute atomic E-state index is 12.7. The Morgan fingerprint density at radius 2 is 1.58 bits per heavy atom. The van der Waals surface area contributed by atoms with Crippen molar-refractivity contribution in [2.75, 3.05) is 19.0 Å². The Morgan fingerprint density at radius 3 is 2.18 bits per heavy atom. The first-order valence-electron chi connectivity index (χ1n) is 10.1. The van der Waals surface area contributed by atoms with Gasteiger partial charge < -0.3 is 15.4 Å². The standard InChI is InChI=1S/C25H20ClN3O4/c1-33-21-12-10-20(11-13-21)27-23(30)15-29-24(31)22(28-25(29)32)14-16-2-4-17(5-3-16)18-6-8-19(26)9-7-18/h2-14H,15H2,1H3,(H,27,30)(H,28,32)/b22-14-. The smallest absolute Gasteiger partial charge is 0.329 e. The third-order valence-corrected chi connectivity index (χ3v) is 5.29. The lowest BCUT2D eigenvalue weighted by Crippen LogP contribution is -2.38. The predicted octanol–water partition coefficient (Wildman–Crippen LogP) is 4.55. The van der Waals surface area contributed by atoms with Crippen molar-refractivity contribution in [2.24, 2.45) is 0 Å². The first-order valence-corrected chi connectivity index (χ1v) is 10.5. The second-order valence-electron chi connectivity index (χ2n) is 7.29. The third kappa shape index (κ3) is 5.22. The Balaban J connectivity index is 1.41. The normalized spacial score (nSPS) is 14.4. The van der Waals surface area contributed by atoms with Gasteiger partial charge in [0.25, 0.3) is 5.91 Å². The molecule has 0 atom stereocenters. The minimum atomic E-state index is -0.645. The van der Waals surface area contributed by atoms with Crippen molar-refractivity contribution in [2.45, 2.75) is 0 Å². The van der Waals surface area contributed by atoms with Gasteiger partial charge in [0.15, 0.2) is 0 Å². The van der Waals surface area contributed by atoms with Crippen LogP contribution in [0, 0.1) is 0 Å². The van der Waals surface area contributed by atoms with Gasteiger partial charge >= 0.3 is 6.03 Å². The van der Waals surface area contributed by atoms with Crippen molar-refractivity contribution in [3.05, 3.63) is 89.1 Å². The molecule has 0 aliphatic carbocycles. The highest BCUT2D eigenvalue weighted by atomic mass is 35.5. The molecule has 1 heterocycles. The van der Waals surface area contributed by atoms with Gasteiger partial charge in [-0.05, 0) is 59.2 Å². The fourth-order valence-electron chi connectivity index (χ4n) is 3.31. The monoisotopic (exact) mass is 461 g/mol. The zero-order valence-electron chi connectivity index (χ0n) is 17.7. The molecule has 166 valence electrons. The number of nitrogens with zero attached hydrogens (tertiary/aromatic N) is 1. The van der Waals surface area contributed by atoms with E-state index in [4.69, 9.17) is 16.3 Å². The van der Waals surface area contributed by atoms with E-state index in [1.165, 1.54) is 0 Å². The van der Waals surface area contributed by atoms with Gasteiger partial charge in [0.05, 0.1) is 7.11 Å². The van der Waals surface area contributed by atoms with Gasteiger partial charge in [-0.15, -0.1) is 0 Å². The summed E-state index contributed by atoms with van der Waals surface area (Å²) in [6.07, 6.45) is 1.58. The maximum atomic E-state index is 12.7. The molecule has 8 heteroatoms. The Bertz CT molecular complexity index is 1220. The molecule has 0 spiro atoms. The molecule has 0 aromatic heterocycles. The van der Waals surface area contributed by atoms with Crippen molar-refractivity contribution in [1.82, 2.24) is 10.2 Å². The number of carbonyl (C=O) groups excluding carboxylic acids is 3. The lowest BCUT2D eigenvalue weighted by molar-refractivity contribution is -0.127. The third-order valence-electron chi connectivity index (χ3n) is 5.04. The molecule has 0 radical (unpaired) electrons. The quantitative estimate of drug-likeness (QED) is 0.416. The number of amides is 4. The van der Waals surface area contributed by atoms with E-state index in [-0.39, 0.29) is 5.70 Å². The largest absolute Gasteiger partial charge is 0.497 e. The molecule has 3 aromatic carbocycles. The number of imide groups is 1. The van der Waals surface area contributed by atoms with E-state index in [2.05, 4.69) is 10.6 Å². The van der Waals surface area contributed by atoms with Crippen LogP contribution in [0.15, 0.2) is 78.5 Å². The summed E-state index contributed by atoms with van der Waals surface area (Å²) in [6.45, 7) is -0.399. The topological polar surface area (TPSA) is 87.7 Å². The molecule has 4 rings (SSSR count). The maximum Gasteiger partial charge on any atom is 0.329 e. The van der Waals surface area contributed by atoms with Crippen LogP contribution in [-0.2, 0) is 9.59 Å². The van der Waals surface area contributed by atoms with Crippen LogP contribution in [0.5, 0.6) is 5.75 Å². The van der Waals surface area contributed by atoms with Crippen LogP contribution in [0.2, 0.25) is 5.02 Å². The number of anilines is 1. The summed E-state index contributed by atoms with van der Waals surface area (Å²) in [5, 5.41) is 5.85. The van der Waals surface area contributed by atoms with Crippen LogP contribution < -0.4 is 15.4 Å². The summed E-state index contributed by atoms with van der Waals surface area (Å²) in [7, 11) is 1.55. The summed E-state index contributed by atoms with van der Waals surface area (Å²) < 4.78 is 5.07. The van der Waals surface area contributed by atoms with Gasteiger partial charge in [-0.3, -0.25) is 9.59 Å². The number of urea groups is 1. The highest BCUT2D eigenvalue weighted by Gasteiger charge is 2.34. The SMILES string of the molecule is COc1ccc(NC(=O)CN2C(=O)N/C(=C\c3ccc(-c4ccc(Cl)cc4)cc3)C2=O)cc1. The van der Waals surface area contributed by atoms with Crippen molar-refractivity contribution in [3.8, 4) is 16.9 Å². The average molecular weight is 462 g/mol. The number of ether oxygens (including phenoxy) is 1. The van der Waals surface area contributed by atoms with Crippen LogP contribution in [0.3, 0.4) is 0 Å². The molecule has 4 amide bonds. The van der Waals surface area contributed by atoms with Crippen molar-refractivity contribution >= 4 is 41.2 Å². The van der Waals surface area contributed by atoms with Gasteiger partial charge in [-0.25, -0.2) is 9.69 Å². The molecule has 0 bridgehead atoms. The van der Waals surface area contributed by atoms with Crippen molar-refractivity contribution in [1.29, 1.82) is 0 Å². The number of methoxy groups -OCH3 is 1. The van der Waals surface area contributed by atoms with Gasteiger partial charge in [-0.1, -0.05) is 48.0 Å². The number of nitrogens with one attached hydrogen (secondary N) is 2. The Morgan fingerprint density at radius 1 is 0.970 bits per heavy atom. The van der Waals surface area contributed by atoms with Crippen molar-refractivity contribution < 1.29 is 19.1 Å². The van der Waals surface area contributed by atoms with Crippen LogP contribution in [0.1, 0.15) is 5.56 Å². The van der Waals surface area contributed by atoms with Crippen LogP contribution in [0.25, 0.3) is 17.2 Å². The second kappa shape index (κ2) is 9.58. The molecule has 1 aliphatic rings. The van der Waals surface area contributed by atoms with Gasteiger partial charge in [0.1, 0.15) is 18.0 Å². The van der Waals surface area contributed by atoms with E-state index in [1.54, 1.807) is 37.5 Å². The first-order chi connectivity index (χ1) is 15.9. The number of rotatable bonds is 6. The number of halogens is 1. The fraction of sp³-hybridized carbons (Fsp3) is 0.0800. The van der Waals surface area contributed by atoms with Crippen LogP contribution in [-0.4, -0.2) is 36.4 Å². The zero-order valence-corrected chi connectivity index (χ0v) is 18.4. The summed E-state index contributed by atoms with van der Waals surface area (Å²) in [6, 6.07) is 21.1. The lowest BCUT2D eigenvalue weighted by Gasteiger charge is -2.12. The minimum absolute atomic E-state index is 0.108. The molecule has 3 aromatic rings. The Labute approximate surface area is 195 Å². The number of carbonyl (C=O) groups is 3. The highest BCUT2D eigenvalue weighted by molar-refractivity contribution is 6.30. The molecule has 1 aliphatic heterocycles. The fourth-order valence-corrected chi connectivity index (χ4v) is 3.44. The Kier molecular flexibility index (Phi) is 6.42. The molecule has 7 nitrogen and oxygen atoms in total. The summed E-state index contributed by atoms with van der Waals surface area (Å²) in [4.78, 5) is 38.1. The molecule has 0 unspecified atom stereocenters.